The summed E-state index contributed by atoms with van der Waals surface area (Å²) in [6.45, 7) is 3.45. The van der Waals surface area contributed by atoms with Gasteiger partial charge in [0, 0.05) is 10.6 Å². The van der Waals surface area contributed by atoms with Crippen molar-refractivity contribution in [1.82, 2.24) is 0 Å². The lowest BCUT2D eigenvalue weighted by molar-refractivity contribution is -0.112. The summed E-state index contributed by atoms with van der Waals surface area (Å²) >= 11 is 0.412. The molecule has 2 aromatic rings. The third-order valence-corrected chi connectivity index (χ3v) is 4.25. The Balaban J connectivity index is 2.17. The van der Waals surface area contributed by atoms with E-state index in [-0.39, 0.29) is 11.3 Å². The molecule has 2 rings (SSSR count). The number of phenols is 1. The van der Waals surface area contributed by atoms with Crippen molar-refractivity contribution >= 4 is 29.4 Å². The quantitative estimate of drug-likeness (QED) is 0.445. The molecule has 0 heterocycles. The molecule has 7 heteroatoms. The summed E-state index contributed by atoms with van der Waals surface area (Å²) in [6, 6.07) is 11.1. The third-order valence-electron chi connectivity index (χ3n) is 3.53. The Morgan fingerprint density at radius 1 is 1.23 bits per heavy atom. The van der Waals surface area contributed by atoms with E-state index in [1.165, 1.54) is 30.3 Å². The van der Waals surface area contributed by atoms with Crippen LogP contribution in [0.25, 0.3) is 6.08 Å². The minimum absolute atomic E-state index is 0.111. The Labute approximate surface area is 154 Å². The van der Waals surface area contributed by atoms with Gasteiger partial charge in [-0.25, -0.2) is 0 Å². The highest BCUT2D eigenvalue weighted by Crippen LogP contribution is 2.27. The van der Waals surface area contributed by atoms with Crippen LogP contribution in [-0.2, 0) is 4.79 Å². The van der Waals surface area contributed by atoms with Crippen molar-refractivity contribution in [1.29, 1.82) is 5.26 Å². The van der Waals surface area contributed by atoms with Crippen molar-refractivity contribution in [2.75, 3.05) is 5.32 Å². The van der Waals surface area contributed by atoms with Crippen molar-refractivity contribution in [2.24, 2.45) is 0 Å². The molecule has 0 saturated heterocycles. The summed E-state index contributed by atoms with van der Waals surface area (Å²) in [5.74, 6) is -2.95. The number of amides is 1. The van der Waals surface area contributed by atoms with E-state index in [0.717, 1.165) is 0 Å². The average Bonchev–Trinajstić information content (AvgIpc) is 2.58. The first-order valence-corrected chi connectivity index (χ1v) is 8.46. The van der Waals surface area contributed by atoms with Crippen LogP contribution in [0.1, 0.15) is 16.7 Å². The monoisotopic (exact) mass is 374 g/mol. The molecule has 0 unspecified atom stereocenters. The Kier molecular flexibility index (Phi) is 6.36. The number of rotatable bonds is 5. The van der Waals surface area contributed by atoms with Crippen LogP contribution in [-0.4, -0.2) is 16.8 Å². The third kappa shape index (κ3) is 5.07. The minimum atomic E-state index is -2.51. The Hall–Kier alpha value is -2.85. The fourth-order valence-electron chi connectivity index (χ4n) is 2.31. The number of aryl methyl sites for hydroxylation is 2. The molecule has 0 aliphatic carbocycles. The molecule has 0 radical (unpaired) electrons. The number of carbonyl (C=O) groups is 1. The van der Waals surface area contributed by atoms with Crippen molar-refractivity contribution in [3.05, 3.63) is 58.7 Å². The number of carbonyl (C=O) groups excluding carboxylic acids is 1. The molecule has 0 atom stereocenters. The number of benzene rings is 2. The van der Waals surface area contributed by atoms with Gasteiger partial charge in [0.25, 0.3) is 11.7 Å². The number of nitrogens with zero attached hydrogens (tertiary/aromatic N) is 1. The predicted octanol–water partition coefficient (Wildman–Crippen LogP) is 4.87. The average molecular weight is 374 g/mol. The number of hydrogen-bond acceptors (Lipinski definition) is 4. The van der Waals surface area contributed by atoms with Crippen molar-refractivity contribution < 1.29 is 18.7 Å². The molecule has 1 amide bonds. The predicted molar refractivity (Wildman–Crippen MR) is 98.1 cm³/mol. The van der Waals surface area contributed by atoms with E-state index in [2.05, 4.69) is 5.32 Å². The minimum Gasteiger partial charge on any atom is -0.507 e. The summed E-state index contributed by atoms with van der Waals surface area (Å²) < 4.78 is 24.6. The highest BCUT2D eigenvalue weighted by atomic mass is 32.2. The number of nitrogens with one attached hydrogen (secondary N) is 1. The largest absolute Gasteiger partial charge is 0.507 e. The molecule has 0 spiro atoms. The van der Waals surface area contributed by atoms with Crippen molar-refractivity contribution in [3.63, 3.8) is 0 Å². The van der Waals surface area contributed by atoms with Gasteiger partial charge >= 0.3 is 0 Å². The standard InChI is InChI=1S/C19H16F2N2O2S/c1-11-7-13(8-12(2)17(11)24)9-14(10-22)18(25)23-15-3-5-16(6-4-15)26-19(20)21/h3-9,19,24H,1-2H3,(H,23,25)/b14-9+. The summed E-state index contributed by atoms with van der Waals surface area (Å²) in [6.07, 6.45) is 1.43. The van der Waals surface area contributed by atoms with Crippen LogP contribution in [0.4, 0.5) is 14.5 Å². The van der Waals surface area contributed by atoms with Crippen molar-refractivity contribution in [2.45, 2.75) is 24.5 Å². The van der Waals surface area contributed by atoms with Gasteiger partial charge in [0.2, 0.25) is 0 Å². The van der Waals surface area contributed by atoms with Gasteiger partial charge in [0.1, 0.15) is 17.4 Å². The van der Waals surface area contributed by atoms with Crippen LogP contribution in [0.3, 0.4) is 0 Å². The number of thioether (sulfide) groups is 1. The fourth-order valence-corrected chi connectivity index (χ4v) is 2.81. The van der Waals surface area contributed by atoms with Crippen LogP contribution < -0.4 is 5.32 Å². The molecule has 4 nitrogen and oxygen atoms in total. The van der Waals surface area contributed by atoms with Gasteiger partial charge in [0.05, 0.1) is 0 Å². The molecule has 0 aromatic heterocycles. The number of hydrogen-bond donors (Lipinski definition) is 2. The first kappa shape index (κ1) is 19.5. The maximum Gasteiger partial charge on any atom is 0.288 e. The lowest BCUT2D eigenvalue weighted by atomic mass is 10.0. The number of phenolic OH excluding ortho intramolecular Hbond substituents is 1. The Bertz CT molecular complexity index is 864. The van der Waals surface area contributed by atoms with Crippen LogP contribution in [0.2, 0.25) is 0 Å². The molecular formula is C19H16F2N2O2S. The number of anilines is 1. The normalized spacial score (nSPS) is 11.3. The number of aromatic hydroxyl groups is 1. The molecule has 2 N–H and O–H groups in total. The zero-order chi connectivity index (χ0) is 19.3. The molecule has 0 aliphatic heterocycles. The Morgan fingerprint density at radius 3 is 2.31 bits per heavy atom. The van der Waals surface area contributed by atoms with Crippen LogP contribution >= 0.6 is 11.8 Å². The van der Waals surface area contributed by atoms with E-state index in [9.17, 15) is 23.9 Å². The van der Waals surface area contributed by atoms with Gasteiger partial charge in [-0.1, -0.05) is 11.8 Å². The summed E-state index contributed by atoms with van der Waals surface area (Å²) in [4.78, 5) is 12.6. The maximum absolute atomic E-state index is 12.3. The van der Waals surface area contributed by atoms with E-state index < -0.39 is 11.7 Å². The SMILES string of the molecule is Cc1cc(/C=C(\C#N)C(=O)Nc2ccc(SC(F)F)cc2)cc(C)c1O. The molecule has 0 saturated carbocycles. The molecule has 0 fully saturated rings. The van der Waals surface area contributed by atoms with E-state index in [1.54, 1.807) is 26.0 Å². The first-order chi connectivity index (χ1) is 12.3. The summed E-state index contributed by atoms with van der Waals surface area (Å²) in [7, 11) is 0. The molecule has 134 valence electrons. The molecule has 2 aromatic carbocycles. The second-order valence-electron chi connectivity index (χ2n) is 5.53. The van der Waals surface area contributed by atoms with Gasteiger partial charge in [-0.05, 0) is 73.0 Å². The zero-order valence-electron chi connectivity index (χ0n) is 14.1. The number of nitriles is 1. The topological polar surface area (TPSA) is 73.1 Å². The first-order valence-electron chi connectivity index (χ1n) is 7.58. The van der Waals surface area contributed by atoms with Gasteiger partial charge in [-0.15, -0.1) is 0 Å². The molecule has 0 aliphatic rings. The van der Waals surface area contributed by atoms with E-state index in [0.29, 0.717) is 39.0 Å². The molecule has 26 heavy (non-hydrogen) atoms. The van der Waals surface area contributed by atoms with Gasteiger partial charge in [-0.2, -0.15) is 14.0 Å². The summed E-state index contributed by atoms with van der Waals surface area (Å²) in [5, 5.41) is 21.6. The Morgan fingerprint density at radius 2 is 1.81 bits per heavy atom. The zero-order valence-corrected chi connectivity index (χ0v) is 14.9. The number of alkyl halides is 2. The molecular weight excluding hydrogens is 358 g/mol. The van der Waals surface area contributed by atoms with E-state index in [1.807, 2.05) is 6.07 Å². The second-order valence-corrected chi connectivity index (χ2v) is 6.59. The van der Waals surface area contributed by atoms with E-state index >= 15 is 0 Å². The van der Waals surface area contributed by atoms with Crippen LogP contribution in [0.5, 0.6) is 5.75 Å². The van der Waals surface area contributed by atoms with Gasteiger partial charge in [0.15, 0.2) is 0 Å². The fraction of sp³-hybridized carbons (Fsp3) is 0.158. The molecule has 0 bridgehead atoms. The maximum atomic E-state index is 12.3. The van der Waals surface area contributed by atoms with Crippen LogP contribution in [0, 0.1) is 25.2 Å². The second kappa shape index (κ2) is 8.50. The lowest BCUT2D eigenvalue weighted by Gasteiger charge is -2.07. The lowest BCUT2D eigenvalue weighted by Crippen LogP contribution is -2.13. The summed E-state index contributed by atoms with van der Waals surface area (Å²) in [5.41, 5.74) is 2.18. The van der Waals surface area contributed by atoms with Crippen LogP contribution in [0.15, 0.2) is 46.9 Å². The highest BCUT2D eigenvalue weighted by molar-refractivity contribution is 7.99. The van der Waals surface area contributed by atoms with E-state index in [4.69, 9.17) is 0 Å². The van der Waals surface area contributed by atoms with Gasteiger partial charge in [-0.3, -0.25) is 4.79 Å². The van der Waals surface area contributed by atoms with Gasteiger partial charge < -0.3 is 10.4 Å². The highest BCUT2D eigenvalue weighted by Gasteiger charge is 2.11. The number of halogens is 2. The van der Waals surface area contributed by atoms with Crippen molar-refractivity contribution in [3.8, 4) is 11.8 Å². The smallest absolute Gasteiger partial charge is 0.288 e.